The Morgan fingerprint density at radius 3 is 2.77 bits per heavy atom. The fraction of sp³-hybridized carbons (Fsp3) is 0.278. The Morgan fingerprint density at radius 1 is 1.27 bits per heavy atom. The van der Waals surface area contributed by atoms with Crippen molar-refractivity contribution in [3.05, 3.63) is 57.4 Å². The molecule has 114 valence electrons. The van der Waals surface area contributed by atoms with Gasteiger partial charge in [-0.05, 0) is 56.0 Å². The largest absolute Gasteiger partial charge is 0.462 e. The van der Waals surface area contributed by atoms with Crippen LogP contribution in [-0.4, -0.2) is 17.1 Å². The summed E-state index contributed by atoms with van der Waals surface area (Å²) in [7, 11) is 0. The highest BCUT2D eigenvalue weighted by atomic mass is 32.1. The van der Waals surface area contributed by atoms with Crippen LogP contribution in [0.15, 0.2) is 35.7 Å². The van der Waals surface area contributed by atoms with Crippen molar-refractivity contribution in [1.82, 2.24) is 4.57 Å². The fourth-order valence-electron chi connectivity index (χ4n) is 2.75. The second kappa shape index (κ2) is 5.97. The van der Waals surface area contributed by atoms with Gasteiger partial charge in [-0.2, -0.15) is 0 Å². The molecule has 0 aliphatic carbocycles. The Labute approximate surface area is 134 Å². The van der Waals surface area contributed by atoms with Gasteiger partial charge in [-0.25, -0.2) is 4.79 Å². The van der Waals surface area contributed by atoms with Crippen LogP contribution in [-0.2, 0) is 11.3 Å². The molecule has 0 fully saturated rings. The van der Waals surface area contributed by atoms with Crippen LogP contribution in [0.1, 0.15) is 33.4 Å². The van der Waals surface area contributed by atoms with Crippen LogP contribution in [0.2, 0.25) is 0 Å². The minimum Gasteiger partial charge on any atom is -0.462 e. The Morgan fingerprint density at radius 2 is 2.09 bits per heavy atom. The normalized spacial score (nSPS) is 11.0. The van der Waals surface area contributed by atoms with E-state index in [4.69, 9.17) is 4.74 Å². The minimum absolute atomic E-state index is 0.257. The summed E-state index contributed by atoms with van der Waals surface area (Å²) in [5.74, 6) is -0.257. The summed E-state index contributed by atoms with van der Waals surface area (Å²) in [6, 6.07) is 10.0. The van der Waals surface area contributed by atoms with E-state index in [-0.39, 0.29) is 5.97 Å². The number of aromatic nitrogens is 1. The molecule has 0 atom stereocenters. The zero-order chi connectivity index (χ0) is 15.7. The predicted molar refractivity (Wildman–Crippen MR) is 90.8 cm³/mol. The van der Waals surface area contributed by atoms with Crippen molar-refractivity contribution in [2.45, 2.75) is 27.3 Å². The third kappa shape index (κ3) is 2.55. The first-order valence-corrected chi connectivity index (χ1v) is 8.28. The molecule has 0 radical (unpaired) electrons. The lowest BCUT2D eigenvalue weighted by Gasteiger charge is -2.07. The van der Waals surface area contributed by atoms with E-state index in [2.05, 4.69) is 35.9 Å². The summed E-state index contributed by atoms with van der Waals surface area (Å²) < 4.78 is 7.41. The number of thiophene rings is 1. The van der Waals surface area contributed by atoms with Gasteiger partial charge in [0.15, 0.2) is 0 Å². The molecular weight excluding hydrogens is 294 g/mol. The van der Waals surface area contributed by atoms with Gasteiger partial charge in [0.05, 0.1) is 18.7 Å². The molecule has 0 saturated heterocycles. The van der Waals surface area contributed by atoms with E-state index in [9.17, 15) is 4.79 Å². The Balaban J connectivity index is 2.07. The van der Waals surface area contributed by atoms with Gasteiger partial charge in [0.25, 0.3) is 0 Å². The topological polar surface area (TPSA) is 31.2 Å². The lowest BCUT2D eigenvalue weighted by atomic mass is 10.1. The smallest absolute Gasteiger partial charge is 0.338 e. The summed E-state index contributed by atoms with van der Waals surface area (Å²) in [5.41, 5.74) is 4.24. The maximum atomic E-state index is 11.9. The number of hydrogen-bond acceptors (Lipinski definition) is 3. The monoisotopic (exact) mass is 313 g/mol. The maximum absolute atomic E-state index is 11.9. The summed E-state index contributed by atoms with van der Waals surface area (Å²) in [6.07, 6.45) is 0. The molecule has 0 aliphatic heterocycles. The van der Waals surface area contributed by atoms with E-state index in [1.165, 1.54) is 16.1 Å². The van der Waals surface area contributed by atoms with Crippen LogP contribution < -0.4 is 0 Å². The number of hydrogen-bond donors (Lipinski definition) is 0. The van der Waals surface area contributed by atoms with Crippen LogP contribution >= 0.6 is 11.3 Å². The fourth-order valence-corrected chi connectivity index (χ4v) is 3.45. The van der Waals surface area contributed by atoms with E-state index in [1.807, 2.05) is 25.1 Å². The number of carbonyl (C=O) groups excluding carboxylic acids is 1. The lowest BCUT2D eigenvalue weighted by Crippen LogP contribution is -2.04. The van der Waals surface area contributed by atoms with Crippen molar-refractivity contribution in [2.24, 2.45) is 0 Å². The van der Waals surface area contributed by atoms with Gasteiger partial charge in [0, 0.05) is 21.5 Å². The number of ether oxygens (including phenoxy) is 1. The van der Waals surface area contributed by atoms with Gasteiger partial charge in [-0.1, -0.05) is 6.07 Å². The quantitative estimate of drug-likeness (QED) is 0.662. The molecule has 1 aromatic carbocycles. The highest BCUT2D eigenvalue weighted by Gasteiger charge is 2.14. The molecule has 0 unspecified atom stereocenters. The number of esters is 1. The number of rotatable bonds is 4. The first-order chi connectivity index (χ1) is 10.6. The summed E-state index contributed by atoms with van der Waals surface area (Å²) in [6.45, 7) is 7.33. The molecule has 0 spiro atoms. The Kier molecular flexibility index (Phi) is 4.03. The summed E-state index contributed by atoms with van der Waals surface area (Å²) in [4.78, 5) is 13.2. The molecule has 2 aromatic heterocycles. The van der Waals surface area contributed by atoms with Crippen molar-refractivity contribution in [3.8, 4) is 0 Å². The van der Waals surface area contributed by atoms with E-state index in [1.54, 1.807) is 11.3 Å². The predicted octanol–water partition coefficient (Wildman–Crippen LogP) is 4.54. The SMILES string of the molecule is CCOC(=O)c1ccc2c(c1)c(C)c(C)n2Cc1cccs1. The van der Waals surface area contributed by atoms with Gasteiger partial charge < -0.3 is 9.30 Å². The molecule has 22 heavy (non-hydrogen) atoms. The van der Waals surface area contributed by atoms with Crippen molar-refractivity contribution in [3.63, 3.8) is 0 Å². The second-order valence-corrected chi connectivity index (χ2v) is 6.36. The van der Waals surface area contributed by atoms with Crippen LogP contribution in [0.25, 0.3) is 10.9 Å². The van der Waals surface area contributed by atoms with E-state index in [0.717, 1.165) is 17.4 Å². The molecule has 4 heteroatoms. The van der Waals surface area contributed by atoms with Gasteiger partial charge in [0.1, 0.15) is 0 Å². The molecule has 0 saturated carbocycles. The first kappa shape index (κ1) is 14.9. The molecule has 0 amide bonds. The van der Waals surface area contributed by atoms with Crippen molar-refractivity contribution < 1.29 is 9.53 Å². The number of benzene rings is 1. The highest BCUT2D eigenvalue weighted by Crippen LogP contribution is 2.28. The second-order valence-electron chi connectivity index (χ2n) is 5.33. The molecular formula is C18H19NO2S. The minimum atomic E-state index is -0.257. The van der Waals surface area contributed by atoms with Crippen LogP contribution in [0, 0.1) is 13.8 Å². The van der Waals surface area contributed by atoms with Crippen LogP contribution in [0.5, 0.6) is 0 Å². The third-order valence-corrected chi connectivity index (χ3v) is 4.91. The Hall–Kier alpha value is -2.07. The van der Waals surface area contributed by atoms with E-state index < -0.39 is 0 Å². The molecule has 3 rings (SSSR count). The average molecular weight is 313 g/mol. The molecule has 0 aliphatic rings. The number of carbonyl (C=O) groups is 1. The zero-order valence-electron chi connectivity index (χ0n) is 13.1. The van der Waals surface area contributed by atoms with Crippen molar-refractivity contribution in [1.29, 1.82) is 0 Å². The molecule has 3 nitrogen and oxygen atoms in total. The van der Waals surface area contributed by atoms with Gasteiger partial charge in [-0.3, -0.25) is 0 Å². The molecule has 2 heterocycles. The molecule has 3 aromatic rings. The van der Waals surface area contributed by atoms with E-state index >= 15 is 0 Å². The van der Waals surface area contributed by atoms with Crippen LogP contribution in [0.4, 0.5) is 0 Å². The zero-order valence-corrected chi connectivity index (χ0v) is 13.9. The van der Waals surface area contributed by atoms with Gasteiger partial charge in [0.2, 0.25) is 0 Å². The van der Waals surface area contributed by atoms with Crippen LogP contribution in [0.3, 0.4) is 0 Å². The van der Waals surface area contributed by atoms with Gasteiger partial charge >= 0.3 is 5.97 Å². The van der Waals surface area contributed by atoms with Crippen molar-refractivity contribution >= 4 is 28.2 Å². The first-order valence-electron chi connectivity index (χ1n) is 7.40. The number of fused-ring (bicyclic) bond motifs is 1. The molecule has 0 bridgehead atoms. The lowest BCUT2D eigenvalue weighted by molar-refractivity contribution is 0.0526. The van der Waals surface area contributed by atoms with Gasteiger partial charge in [-0.15, -0.1) is 11.3 Å². The number of aryl methyl sites for hydroxylation is 1. The Bertz CT molecular complexity index is 815. The third-order valence-electron chi connectivity index (χ3n) is 4.04. The summed E-state index contributed by atoms with van der Waals surface area (Å²) in [5, 5.41) is 3.22. The van der Waals surface area contributed by atoms with E-state index in [0.29, 0.717) is 12.2 Å². The summed E-state index contributed by atoms with van der Waals surface area (Å²) >= 11 is 1.76. The maximum Gasteiger partial charge on any atom is 0.338 e. The number of nitrogens with zero attached hydrogens (tertiary/aromatic N) is 1. The molecule has 0 N–H and O–H groups in total. The average Bonchev–Trinajstić information content (AvgIpc) is 3.11. The highest BCUT2D eigenvalue weighted by molar-refractivity contribution is 7.09. The standard InChI is InChI=1S/C18H19NO2S/c1-4-21-18(20)14-7-8-17-16(10-14)12(2)13(3)19(17)11-15-6-5-9-22-15/h5-10H,4,11H2,1-3H3. The van der Waals surface area contributed by atoms with Crippen molar-refractivity contribution in [2.75, 3.05) is 6.61 Å².